The van der Waals surface area contributed by atoms with Crippen LogP contribution >= 0.6 is 12.2 Å². The van der Waals surface area contributed by atoms with Gasteiger partial charge < -0.3 is 14.6 Å². The number of thiocarbonyl (C=S) groups is 1. The van der Waals surface area contributed by atoms with Crippen molar-refractivity contribution >= 4 is 28.7 Å². The van der Waals surface area contributed by atoms with Crippen molar-refractivity contribution in [1.29, 1.82) is 0 Å². The average Bonchev–Trinajstić information content (AvgIpc) is 3.46. The lowest BCUT2D eigenvalue weighted by Gasteiger charge is -2.26. The SMILES string of the molecule is Cc1cc(N2C(=S)N[C@@H](c3ccccn3)[C@H]2c2ccc(-c3ccccc3[N+](=O)[O-])o2)ccc1F. The molecule has 1 fully saturated rings. The van der Waals surface area contributed by atoms with Crippen LogP contribution in [0.25, 0.3) is 11.3 Å². The van der Waals surface area contributed by atoms with Gasteiger partial charge in [0.25, 0.3) is 5.69 Å². The molecular weight excluding hydrogens is 455 g/mol. The lowest BCUT2D eigenvalue weighted by Crippen LogP contribution is -2.29. The first-order valence-electron chi connectivity index (χ1n) is 10.5. The summed E-state index contributed by atoms with van der Waals surface area (Å²) >= 11 is 5.67. The Kier molecular flexibility index (Phi) is 5.54. The fourth-order valence-corrected chi connectivity index (χ4v) is 4.54. The van der Waals surface area contributed by atoms with E-state index in [2.05, 4.69) is 10.3 Å². The van der Waals surface area contributed by atoms with E-state index in [0.29, 0.717) is 33.4 Å². The van der Waals surface area contributed by atoms with Crippen LogP contribution in [0, 0.1) is 22.9 Å². The predicted molar refractivity (Wildman–Crippen MR) is 130 cm³/mol. The number of aromatic nitrogens is 1. The van der Waals surface area contributed by atoms with Crippen LogP contribution in [0.1, 0.15) is 29.1 Å². The molecule has 1 saturated heterocycles. The summed E-state index contributed by atoms with van der Waals surface area (Å²) in [5.41, 5.74) is 2.27. The summed E-state index contributed by atoms with van der Waals surface area (Å²) in [5.74, 6) is 0.601. The molecular formula is C25H19FN4O3S. The highest BCUT2D eigenvalue weighted by Crippen LogP contribution is 2.43. The normalized spacial score (nSPS) is 17.6. The number of hydrogen-bond donors (Lipinski definition) is 1. The number of nitro benzene ring substituents is 1. The van der Waals surface area contributed by atoms with Gasteiger partial charge in [-0.15, -0.1) is 0 Å². The number of para-hydroxylation sites is 1. The van der Waals surface area contributed by atoms with Gasteiger partial charge >= 0.3 is 0 Å². The van der Waals surface area contributed by atoms with Gasteiger partial charge in [-0.25, -0.2) is 4.39 Å². The monoisotopic (exact) mass is 474 g/mol. The Labute approximate surface area is 200 Å². The van der Waals surface area contributed by atoms with E-state index >= 15 is 0 Å². The molecule has 0 aliphatic carbocycles. The quantitative estimate of drug-likeness (QED) is 0.220. The lowest BCUT2D eigenvalue weighted by atomic mass is 10.0. The van der Waals surface area contributed by atoms with Gasteiger partial charge in [0.15, 0.2) is 5.11 Å². The third kappa shape index (κ3) is 3.80. The molecule has 4 aromatic rings. The molecule has 0 radical (unpaired) electrons. The summed E-state index contributed by atoms with van der Waals surface area (Å²) in [6, 6.07) is 19.5. The number of anilines is 1. The van der Waals surface area contributed by atoms with Crippen LogP contribution in [0.5, 0.6) is 0 Å². The molecule has 3 heterocycles. The summed E-state index contributed by atoms with van der Waals surface area (Å²) in [4.78, 5) is 17.4. The Balaban J connectivity index is 1.63. The van der Waals surface area contributed by atoms with E-state index in [0.717, 1.165) is 5.69 Å². The van der Waals surface area contributed by atoms with E-state index < -0.39 is 11.0 Å². The van der Waals surface area contributed by atoms with Gasteiger partial charge in [0, 0.05) is 18.0 Å². The molecule has 9 heteroatoms. The topological polar surface area (TPSA) is 84.4 Å². The van der Waals surface area contributed by atoms with Gasteiger partial charge in [-0.3, -0.25) is 15.1 Å². The highest BCUT2D eigenvalue weighted by molar-refractivity contribution is 7.80. The Hall–Kier alpha value is -4.11. The maximum Gasteiger partial charge on any atom is 0.280 e. The van der Waals surface area contributed by atoms with Crippen molar-refractivity contribution in [2.45, 2.75) is 19.0 Å². The number of nitrogens with zero attached hydrogens (tertiary/aromatic N) is 3. The molecule has 1 aliphatic heterocycles. The molecule has 7 nitrogen and oxygen atoms in total. The smallest absolute Gasteiger partial charge is 0.280 e. The number of rotatable bonds is 5. The van der Waals surface area contributed by atoms with Crippen LogP contribution < -0.4 is 10.2 Å². The summed E-state index contributed by atoms with van der Waals surface area (Å²) < 4.78 is 20.2. The maximum absolute atomic E-state index is 14.0. The van der Waals surface area contributed by atoms with Crippen molar-refractivity contribution in [3.8, 4) is 11.3 Å². The van der Waals surface area contributed by atoms with Crippen LogP contribution in [0.2, 0.25) is 0 Å². The maximum atomic E-state index is 14.0. The molecule has 34 heavy (non-hydrogen) atoms. The Morgan fingerprint density at radius 1 is 1.12 bits per heavy atom. The molecule has 0 unspecified atom stereocenters. The second-order valence-corrected chi connectivity index (χ2v) is 8.29. The Morgan fingerprint density at radius 2 is 1.91 bits per heavy atom. The number of halogens is 1. The van der Waals surface area contributed by atoms with E-state index in [1.807, 2.05) is 23.1 Å². The first kappa shape index (κ1) is 21.7. The number of benzene rings is 2. The van der Waals surface area contributed by atoms with E-state index in [9.17, 15) is 14.5 Å². The van der Waals surface area contributed by atoms with E-state index in [1.165, 1.54) is 12.1 Å². The zero-order valence-corrected chi connectivity index (χ0v) is 18.8. The molecule has 0 saturated carbocycles. The van der Waals surface area contributed by atoms with Crippen molar-refractivity contribution < 1.29 is 13.7 Å². The minimum atomic E-state index is -0.455. The highest BCUT2D eigenvalue weighted by atomic mass is 32.1. The van der Waals surface area contributed by atoms with Gasteiger partial charge in [-0.2, -0.15) is 0 Å². The molecule has 2 aromatic heterocycles. The van der Waals surface area contributed by atoms with E-state index in [-0.39, 0.29) is 17.5 Å². The van der Waals surface area contributed by atoms with E-state index in [1.54, 1.807) is 55.6 Å². The standard InChI is InChI=1S/C25H19FN4O3S/c1-15-14-16(9-10-18(15)26)29-24(23(28-25(29)34)19-7-4-5-13-27-19)22-12-11-21(33-22)17-6-2-3-8-20(17)30(31)32/h2-14,23-24H,1H3,(H,28,34)/t23-,24+/m0/s1. The average molecular weight is 475 g/mol. The van der Waals surface area contributed by atoms with Crippen molar-refractivity contribution in [1.82, 2.24) is 10.3 Å². The van der Waals surface area contributed by atoms with Crippen LogP contribution in [-0.4, -0.2) is 15.0 Å². The van der Waals surface area contributed by atoms with E-state index in [4.69, 9.17) is 16.6 Å². The number of nitro groups is 1. The molecule has 0 bridgehead atoms. The van der Waals surface area contributed by atoms with Gasteiger partial charge in [0.1, 0.15) is 23.4 Å². The minimum Gasteiger partial charge on any atom is -0.459 e. The summed E-state index contributed by atoms with van der Waals surface area (Å²) in [5, 5.41) is 15.3. The van der Waals surface area contributed by atoms with Gasteiger partial charge in [0.2, 0.25) is 0 Å². The minimum absolute atomic E-state index is 0.0456. The van der Waals surface area contributed by atoms with Gasteiger partial charge in [0.05, 0.1) is 22.2 Å². The fraction of sp³-hybridized carbons (Fsp3) is 0.120. The largest absolute Gasteiger partial charge is 0.459 e. The zero-order chi connectivity index (χ0) is 23.8. The summed E-state index contributed by atoms with van der Waals surface area (Å²) in [6.07, 6.45) is 1.70. The zero-order valence-electron chi connectivity index (χ0n) is 18.0. The van der Waals surface area contributed by atoms with Crippen molar-refractivity contribution in [2.24, 2.45) is 0 Å². The fourth-order valence-electron chi connectivity index (χ4n) is 4.20. The van der Waals surface area contributed by atoms with Crippen molar-refractivity contribution in [2.75, 3.05) is 4.90 Å². The van der Waals surface area contributed by atoms with Crippen LogP contribution in [0.15, 0.2) is 83.4 Å². The van der Waals surface area contributed by atoms with Crippen molar-refractivity contribution in [3.63, 3.8) is 0 Å². The lowest BCUT2D eigenvalue weighted by molar-refractivity contribution is -0.384. The van der Waals surface area contributed by atoms with Crippen LogP contribution in [-0.2, 0) is 0 Å². The summed E-state index contributed by atoms with van der Waals surface area (Å²) in [7, 11) is 0. The van der Waals surface area contributed by atoms with Crippen LogP contribution in [0.4, 0.5) is 15.8 Å². The van der Waals surface area contributed by atoms with Crippen molar-refractivity contribution in [3.05, 3.63) is 112 Å². The van der Waals surface area contributed by atoms with Crippen LogP contribution in [0.3, 0.4) is 0 Å². The predicted octanol–water partition coefficient (Wildman–Crippen LogP) is 5.87. The second-order valence-electron chi connectivity index (χ2n) is 7.91. The molecule has 170 valence electrons. The third-order valence-electron chi connectivity index (χ3n) is 5.80. The molecule has 0 spiro atoms. The highest BCUT2D eigenvalue weighted by Gasteiger charge is 2.42. The first-order valence-corrected chi connectivity index (χ1v) is 10.9. The van der Waals surface area contributed by atoms with Gasteiger partial charge in [-0.1, -0.05) is 18.2 Å². The molecule has 2 aromatic carbocycles. The summed E-state index contributed by atoms with van der Waals surface area (Å²) in [6.45, 7) is 1.69. The Morgan fingerprint density at radius 3 is 2.65 bits per heavy atom. The second kappa shape index (κ2) is 8.68. The number of furan rings is 1. The first-order chi connectivity index (χ1) is 16.4. The molecule has 2 atom stereocenters. The molecule has 5 rings (SSSR count). The van der Waals surface area contributed by atoms with Gasteiger partial charge in [-0.05, 0) is 73.2 Å². The molecule has 1 aliphatic rings. The molecule has 1 N–H and O–H groups in total. The number of nitrogens with one attached hydrogen (secondary N) is 1. The number of pyridine rings is 1. The number of hydrogen-bond acceptors (Lipinski definition) is 5. The Bertz CT molecular complexity index is 1390. The third-order valence-corrected chi connectivity index (χ3v) is 6.12. The number of aryl methyl sites for hydroxylation is 1. The molecule has 0 amide bonds.